The Morgan fingerprint density at radius 1 is 1.03 bits per heavy atom. The van der Waals surface area contributed by atoms with Crippen LogP contribution in [0.5, 0.6) is 0 Å². The number of nitrogens with zero attached hydrogens (tertiary/aromatic N) is 2. The van der Waals surface area contributed by atoms with Crippen LogP contribution in [-0.4, -0.2) is 21.8 Å². The third-order valence-corrected chi connectivity index (χ3v) is 6.09. The van der Waals surface area contributed by atoms with Crippen LogP contribution in [0.1, 0.15) is 49.2 Å². The fourth-order valence-electron chi connectivity index (χ4n) is 4.03. The van der Waals surface area contributed by atoms with Crippen molar-refractivity contribution in [3.63, 3.8) is 0 Å². The molecular weight excluding hydrogens is 436 g/mol. The van der Waals surface area contributed by atoms with Crippen LogP contribution in [-0.2, 0) is 15.0 Å². The molecule has 3 aromatic rings. The number of rotatable bonds is 3. The molecule has 1 amide bonds. The van der Waals surface area contributed by atoms with Gasteiger partial charge in [0, 0.05) is 22.5 Å². The largest absolute Gasteiger partial charge is 0.507 e. The number of ketones is 1. The smallest absolute Gasteiger partial charge is 0.300 e. The molecule has 0 spiro atoms. The van der Waals surface area contributed by atoms with Crippen LogP contribution in [0.15, 0.2) is 72.4 Å². The minimum atomic E-state index is -0.887. The summed E-state index contributed by atoms with van der Waals surface area (Å²) in [6, 6.07) is 16.9. The highest BCUT2D eigenvalue weighted by atomic mass is 35.5. The predicted octanol–water partition coefficient (Wildman–Crippen LogP) is 5.97. The van der Waals surface area contributed by atoms with Gasteiger partial charge >= 0.3 is 0 Å². The van der Waals surface area contributed by atoms with Crippen LogP contribution in [0.3, 0.4) is 0 Å². The topological polar surface area (TPSA) is 70.5 Å². The molecule has 1 aliphatic rings. The van der Waals surface area contributed by atoms with Gasteiger partial charge in [0.1, 0.15) is 11.8 Å². The molecule has 4 rings (SSSR count). The molecule has 33 heavy (non-hydrogen) atoms. The van der Waals surface area contributed by atoms with Gasteiger partial charge in [0.05, 0.1) is 11.3 Å². The second kappa shape index (κ2) is 8.49. The lowest BCUT2D eigenvalue weighted by molar-refractivity contribution is -0.132. The van der Waals surface area contributed by atoms with Gasteiger partial charge in [0.15, 0.2) is 0 Å². The zero-order valence-electron chi connectivity index (χ0n) is 19.0. The van der Waals surface area contributed by atoms with E-state index in [2.05, 4.69) is 25.8 Å². The number of amides is 1. The summed E-state index contributed by atoms with van der Waals surface area (Å²) in [6.45, 7) is 8.10. The average molecular weight is 461 g/mol. The monoisotopic (exact) mass is 460 g/mol. The average Bonchev–Trinajstić information content (AvgIpc) is 3.04. The van der Waals surface area contributed by atoms with Gasteiger partial charge in [-0.25, -0.2) is 0 Å². The SMILES string of the molecule is Cc1ccc(C(C)(C)C)cc1/C(O)=C1\C(=O)C(=O)N(c2cccc(Cl)c2)C1c1ccccn1. The van der Waals surface area contributed by atoms with Crippen LogP contribution in [0.4, 0.5) is 5.69 Å². The molecule has 0 saturated carbocycles. The first-order valence-electron chi connectivity index (χ1n) is 10.7. The summed E-state index contributed by atoms with van der Waals surface area (Å²) < 4.78 is 0. The highest BCUT2D eigenvalue weighted by molar-refractivity contribution is 6.51. The maximum Gasteiger partial charge on any atom is 0.300 e. The standard InChI is InChI=1S/C27H25ClN2O3/c1-16-11-12-17(27(2,3)4)14-20(16)24(31)22-23(21-10-5-6-13-29-21)30(26(33)25(22)32)19-9-7-8-18(28)15-19/h5-15,23,31H,1-4H3/b24-22+. The fraction of sp³-hybridized carbons (Fsp3) is 0.222. The van der Waals surface area contributed by atoms with Crippen LogP contribution in [0.2, 0.25) is 5.02 Å². The van der Waals surface area contributed by atoms with E-state index in [-0.39, 0.29) is 16.7 Å². The summed E-state index contributed by atoms with van der Waals surface area (Å²) in [6.07, 6.45) is 1.60. The van der Waals surface area contributed by atoms with Crippen molar-refractivity contribution in [2.75, 3.05) is 4.90 Å². The summed E-state index contributed by atoms with van der Waals surface area (Å²) in [5.41, 5.74) is 3.11. The summed E-state index contributed by atoms with van der Waals surface area (Å²) >= 11 is 6.18. The van der Waals surface area contributed by atoms with Crippen molar-refractivity contribution in [3.05, 3.63) is 99.8 Å². The van der Waals surface area contributed by atoms with Gasteiger partial charge < -0.3 is 5.11 Å². The van der Waals surface area contributed by atoms with Gasteiger partial charge in [-0.1, -0.05) is 56.6 Å². The first-order chi connectivity index (χ1) is 15.6. The molecule has 5 nitrogen and oxygen atoms in total. The number of Topliss-reactive ketones (excluding diaryl/α,β-unsaturated/α-hetero) is 1. The molecule has 2 heterocycles. The Kier molecular flexibility index (Phi) is 5.85. The maximum atomic E-state index is 13.3. The fourth-order valence-corrected chi connectivity index (χ4v) is 4.22. The Morgan fingerprint density at radius 2 is 1.79 bits per heavy atom. The van der Waals surface area contributed by atoms with E-state index < -0.39 is 17.7 Å². The number of aromatic nitrogens is 1. The van der Waals surface area contributed by atoms with E-state index in [0.29, 0.717) is 22.0 Å². The van der Waals surface area contributed by atoms with Crippen molar-refractivity contribution in [2.45, 2.75) is 39.2 Å². The Morgan fingerprint density at radius 3 is 2.42 bits per heavy atom. The Hall–Kier alpha value is -3.44. The zero-order valence-corrected chi connectivity index (χ0v) is 19.7. The lowest BCUT2D eigenvalue weighted by Crippen LogP contribution is -2.29. The summed E-state index contributed by atoms with van der Waals surface area (Å²) in [5, 5.41) is 11.9. The summed E-state index contributed by atoms with van der Waals surface area (Å²) in [5.74, 6) is -1.71. The van der Waals surface area contributed by atoms with Gasteiger partial charge in [-0.2, -0.15) is 0 Å². The molecule has 6 heteroatoms. The number of benzene rings is 2. The van der Waals surface area contributed by atoms with E-state index in [0.717, 1.165) is 11.1 Å². The van der Waals surface area contributed by atoms with Gasteiger partial charge in [0.2, 0.25) is 0 Å². The van der Waals surface area contributed by atoms with E-state index in [1.807, 2.05) is 25.1 Å². The molecule has 2 aromatic carbocycles. The predicted molar refractivity (Wildman–Crippen MR) is 130 cm³/mol. The number of carbonyl (C=O) groups excluding carboxylic acids is 2. The quantitative estimate of drug-likeness (QED) is 0.297. The third-order valence-electron chi connectivity index (χ3n) is 5.86. The number of carbonyl (C=O) groups is 2. The molecule has 1 unspecified atom stereocenters. The molecular formula is C27H25ClN2O3. The zero-order chi connectivity index (χ0) is 23.9. The van der Waals surface area contributed by atoms with E-state index in [1.54, 1.807) is 48.7 Å². The highest BCUT2D eigenvalue weighted by Gasteiger charge is 2.47. The second-order valence-electron chi connectivity index (χ2n) is 9.18. The lowest BCUT2D eigenvalue weighted by Gasteiger charge is -2.25. The van der Waals surface area contributed by atoms with E-state index in [9.17, 15) is 14.7 Å². The number of aliphatic hydroxyl groups is 1. The summed E-state index contributed by atoms with van der Waals surface area (Å²) in [4.78, 5) is 32.3. The number of halogens is 1. The van der Waals surface area contributed by atoms with Gasteiger partial charge in [-0.15, -0.1) is 0 Å². The molecule has 1 atom stereocenters. The molecule has 1 aliphatic heterocycles. The molecule has 0 aliphatic carbocycles. The van der Waals surface area contributed by atoms with Crippen molar-refractivity contribution < 1.29 is 14.7 Å². The highest BCUT2D eigenvalue weighted by Crippen LogP contribution is 2.42. The molecule has 0 bridgehead atoms. The lowest BCUT2D eigenvalue weighted by atomic mass is 9.84. The van der Waals surface area contributed by atoms with Crippen molar-refractivity contribution >= 4 is 34.7 Å². The Bertz CT molecular complexity index is 1280. The van der Waals surface area contributed by atoms with E-state index in [1.165, 1.54) is 4.90 Å². The van der Waals surface area contributed by atoms with Crippen molar-refractivity contribution in [1.82, 2.24) is 4.98 Å². The number of hydrogen-bond acceptors (Lipinski definition) is 4. The second-order valence-corrected chi connectivity index (χ2v) is 9.62. The minimum Gasteiger partial charge on any atom is -0.507 e. The Labute approximate surface area is 198 Å². The van der Waals surface area contributed by atoms with Crippen LogP contribution in [0, 0.1) is 6.92 Å². The van der Waals surface area contributed by atoms with Crippen molar-refractivity contribution in [2.24, 2.45) is 0 Å². The number of aliphatic hydroxyl groups excluding tert-OH is 1. The van der Waals surface area contributed by atoms with Gasteiger partial charge in [-0.3, -0.25) is 19.5 Å². The first-order valence-corrected chi connectivity index (χ1v) is 11.1. The molecule has 1 saturated heterocycles. The number of aryl methyl sites for hydroxylation is 1. The van der Waals surface area contributed by atoms with Gasteiger partial charge in [0.25, 0.3) is 11.7 Å². The Balaban J connectivity index is 1.98. The summed E-state index contributed by atoms with van der Waals surface area (Å²) in [7, 11) is 0. The maximum absolute atomic E-state index is 13.3. The van der Waals surface area contributed by atoms with Crippen LogP contribution < -0.4 is 4.90 Å². The number of pyridine rings is 1. The molecule has 1 aromatic heterocycles. The number of anilines is 1. The first kappa shape index (κ1) is 22.7. The van der Waals surface area contributed by atoms with Crippen LogP contribution in [0.25, 0.3) is 5.76 Å². The van der Waals surface area contributed by atoms with Crippen molar-refractivity contribution in [3.8, 4) is 0 Å². The van der Waals surface area contributed by atoms with Crippen molar-refractivity contribution in [1.29, 1.82) is 0 Å². The molecule has 1 N–H and O–H groups in total. The molecule has 1 fully saturated rings. The normalized spacial score (nSPS) is 18.1. The number of hydrogen-bond donors (Lipinski definition) is 1. The van der Waals surface area contributed by atoms with Crippen LogP contribution >= 0.6 is 11.6 Å². The third kappa shape index (κ3) is 4.16. The molecule has 168 valence electrons. The molecule has 0 radical (unpaired) electrons. The van der Waals surface area contributed by atoms with E-state index >= 15 is 0 Å². The minimum absolute atomic E-state index is 0.00725. The van der Waals surface area contributed by atoms with E-state index in [4.69, 9.17) is 11.6 Å². The van der Waals surface area contributed by atoms with Gasteiger partial charge in [-0.05, 0) is 59.9 Å².